The van der Waals surface area contributed by atoms with E-state index in [0.717, 1.165) is 37.0 Å². The second-order valence-corrected chi connectivity index (χ2v) is 29.2. The molecule has 2 unspecified atom stereocenters. The first kappa shape index (κ1) is 51.2. The summed E-state index contributed by atoms with van der Waals surface area (Å²) in [5, 5.41) is 10.5. The molecule has 7 heteroatoms. The van der Waals surface area contributed by atoms with Crippen molar-refractivity contribution in [3.63, 3.8) is 0 Å². The van der Waals surface area contributed by atoms with Gasteiger partial charge >= 0.3 is 0 Å². The van der Waals surface area contributed by atoms with Gasteiger partial charge in [0.05, 0.1) is 6.61 Å². The lowest BCUT2D eigenvalue weighted by atomic mass is 10.1. The minimum Gasteiger partial charge on any atom is -0.466 e. The van der Waals surface area contributed by atoms with Crippen molar-refractivity contribution in [2.24, 2.45) is 0 Å². The minimum absolute atomic E-state index is 0.0938. The van der Waals surface area contributed by atoms with Crippen LogP contribution in [0.4, 0.5) is 0 Å². The third kappa shape index (κ3) is 16.5. The van der Waals surface area contributed by atoms with Gasteiger partial charge in [0.15, 0.2) is 12.6 Å². The van der Waals surface area contributed by atoms with Crippen LogP contribution in [-0.4, -0.2) is 34.3 Å². The summed E-state index contributed by atoms with van der Waals surface area (Å²) < 4.78 is 28.5. The molecule has 1 aromatic rings. The van der Waals surface area contributed by atoms with E-state index in [4.69, 9.17) is 18.3 Å². The number of hydrogen-bond acceptors (Lipinski definition) is 5. The Morgan fingerprint density at radius 2 is 0.796 bits per heavy atom. The molecule has 0 radical (unpaired) electrons. The Morgan fingerprint density at radius 3 is 1.13 bits per heavy atom. The first-order chi connectivity index (χ1) is 25.6. The Bertz CT molecular complexity index is 1030. The molecule has 1 N–H and O–H groups in total. The Morgan fingerprint density at radius 1 is 0.463 bits per heavy atom. The fourth-order valence-electron chi connectivity index (χ4n) is 9.59. The van der Waals surface area contributed by atoms with E-state index in [0.29, 0.717) is 39.0 Å². The molecule has 0 aliphatic rings. The maximum atomic E-state index is 10.5. The van der Waals surface area contributed by atoms with Crippen LogP contribution in [0.1, 0.15) is 218 Å². The van der Waals surface area contributed by atoms with Crippen molar-refractivity contribution in [3.8, 4) is 11.5 Å². The Balaban J connectivity index is 3.41. The van der Waals surface area contributed by atoms with E-state index in [1.807, 2.05) is 18.2 Å². The van der Waals surface area contributed by atoms with Gasteiger partial charge in [0.1, 0.15) is 11.5 Å². The van der Waals surface area contributed by atoms with Crippen LogP contribution in [-0.2, 0) is 15.5 Å². The summed E-state index contributed by atoms with van der Waals surface area (Å²) in [5.41, 5.74) is 3.55. The Labute approximate surface area is 339 Å². The highest BCUT2D eigenvalue weighted by molar-refractivity contribution is 6.78. The second-order valence-electron chi connectivity index (χ2n) is 18.4. The maximum Gasteiger partial charge on any atom is 0.205 e. The van der Waals surface area contributed by atoms with Crippen molar-refractivity contribution in [2.75, 3.05) is 0 Å². The van der Waals surface area contributed by atoms with Gasteiger partial charge in [0.2, 0.25) is 16.6 Å². The monoisotopic (exact) mass is 793 g/mol. The molecule has 1 aromatic carbocycles. The highest BCUT2D eigenvalue weighted by atomic mass is 28.4. The number of aliphatic hydroxyl groups excluding tert-OH is 1. The lowest BCUT2D eigenvalue weighted by molar-refractivity contribution is -0.0221. The number of hydrogen-bond donors (Lipinski definition) is 1. The number of ether oxygens (including phenoxy) is 2. The SMILES string of the molecule is CCCCCCCCCCC(Oc1ccc(CO)c(OC(CCCCCCCCCC)O[Si](C(C)C)(C(C)C)C(C)C)c1)O[Si](C(C)C)(C(C)C)C(C)C. The minimum atomic E-state index is -2.23. The second kappa shape index (κ2) is 27.7. The van der Waals surface area contributed by atoms with E-state index >= 15 is 0 Å². The first-order valence-electron chi connectivity index (χ1n) is 23.1. The summed E-state index contributed by atoms with van der Waals surface area (Å²) in [6, 6.07) is 5.98. The molecule has 54 heavy (non-hydrogen) atoms. The van der Waals surface area contributed by atoms with Crippen LogP contribution in [0.2, 0.25) is 33.2 Å². The Hall–Kier alpha value is -0.866. The molecule has 0 saturated carbocycles. The van der Waals surface area contributed by atoms with Crippen LogP contribution >= 0.6 is 0 Å². The lowest BCUT2D eigenvalue weighted by Gasteiger charge is -2.44. The van der Waals surface area contributed by atoms with Gasteiger partial charge in [0.25, 0.3) is 0 Å². The van der Waals surface area contributed by atoms with E-state index in [2.05, 4.69) is 96.9 Å². The summed E-state index contributed by atoms with van der Waals surface area (Å²) in [6.07, 6.45) is 21.4. The average Bonchev–Trinajstić information content (AvgIpc) is 3.10. The van der Waals surface area contributed by atoms with Crippen molar-refractivity contribution in [2.45, 2.75) is 265 Å². The molecule has 0 amide bonds. The molecule has 0 spiro atoms. The van der Waals surface area contributed by atoms with Gasteiger partial charge in [-0.25, -0.2) is 0 Å². The third-order valence-corrected chi connectivity index (χ3v) is 24.6. The average molecular weight is 793 g/mol. The highest BCUT2D eigenvalue weighted by Crippen LogP contribution is 2.45. The van der Waals surface area contributed by atoms with Crippen LogP contribution in [0.5, 0.6) is 11.5 Å². The van der Waals surface area contributed by atoms with Crippen LogP contribution in [0.15, 0.2) is 18.2 Å². The quantitative estimate of drug-likeness (QED) is 0.0436. The molecular weight excluding hydrogens is 701 g/mol. The molecule has 0 heterocycles. The summed E-state index contributed by atoms with van der Waals surface area (Å²) in [4.78, 5) is 0. The van der Waals surface area contributed by atoms with Gasteiger partial charge in [0, 0.05) is 24.5 Å². The fraction of sp³-hybridized carbons (Fsp3) is 0.872. The number of benzene rings is 1. The van der Waals surface area contributed by atoms with Crippen molar-refractivity contribution in [1.29, 1.82) is 0 Å². The molecule has 0 bridgehead atoms. The van der Waals surface area contributed by atoms with Gasteiger partial charge in [-0.3, -0.25) is 0 Å². The summed E-state index contributed by atoms with van der Waals surface area (Å²) >= 11 is 0. The molecule has 0 aliphatic heterocycles. The van der Waals surface area contributed by atoms with Crippen molar-refractivity contribution in [1.82, 2.24) is 0 Å². The molecule has 2 atom stereocenters. The predicted molar refractivity (Wildman–Crippen MR) is 240 cm³/mol. The summed E-state index contributed by atoms with van der Waals surface area (Å²) in [7, 11) is -4.42. The highest BCUT2D eigenvalue weighted by Gasteiger charge is 2.48. The van der Waals surface area contributed by atoms with Gasteiger partial charge in [-0.05, 0) is 58.2 Å². The van der Waals surface area contributed by atoms with Gasteiger partial charge in [-0.15, -0.1) is 0 Å². The zero-order valence-corrected chi connectivity index (χ0v) is 40.4. The molecule has 0 fully saturated rings. The zero-order chi connectivity index (χ0) is 40.7. The van der Waals surface area contributed by atoms with Gasteiger partial charge in [-0.1, -0.05) is 187 Å². The Kier molecular flexibility index (Phi) is 26.3. The standard InChI is InChI=1S/C47H92O5Si2/c1-15-17-19-21-23-25-27-29-31-46(51-53(37(3)4,38(5)6)39(7)8)49-44-34-33-43(36-48)45(35-44)50-47(32-30-28-26-24-22-20-18-16-2)52-54(40(9)10,41(11)12)42(13)14/h33-35,37-42,46-48H,15-32,36H2,1-14H3. The first-order valence-corrected chi connectivity index (χ1v) is 27.3. The van der Waals surface area contributed by atoms with E-state index in [1.54, 1.807) is 0 Å². The number of aliphatic hydroxyl groups is 1. The molecule has 0 aliphatic carbocycles. The van der Waals surface area contributed by atoms with E-state index in [-0.39, 0.29) is 19.2 Å². The molecular formula is C47H92O5Si2. The van der Waals surface area contributed by atoms with E-state index in [9.17, 15) is 5.11 Å². The van der Waals surface area contributed by atoms with Crippen molar-refractivity contribution < 1.29 is 23.4 Å². The zero-order valence-electron chi connectivity index (χ0n) is 38.4. The molecule has 0 aromatic heterocycles. The summed E-state index contributed by atoms with van der Waals surface area (Å²) in [5.74, 6) is 1.42. The molecule has 5 nitrogen and oxygen atoms in total. The topological polar surface area (TPSA) is 57.2 Å². The smallest absolute Gasteiger partial charge is 0.205 e. The lowest BCUT2D eigenvalue weighted by Crippen LogP contribution is -2.51. The van der Waals surface area contributed by atoms with Gasteiger partial charge < -0.3 is 23.4 Å². The van der Waals surface area contributed by atoms with Crippen molar-refractivity contribution in [3.05, 3.63) is 23.8 Å². The summed E-state index contributed by atoms with van der Waals surface area (Å²) in [6.45, 7) is 32.6. The molecule has 1 rings (SSSR count). The third-order valence-electron chi connectivity index (χ3n) is 12.4. The molecule has 0 saturated heterocycles. The number of rotatable bonds is 33. The van der Waals surface area contributed by atoms with E-state index < -0.39 is 16.6 Å². The predicted octanol–water partition coefficient (Wildman–Crippen LogP) is 16.0. The van der Waals surface area contributed by atoms with Gasteiger partial charge in [-0.2, -0.15) is 0 Å². The normalized spacial score (nSPS) is 14.0. The molecule has 318 valence electrons. The van der Waals surface area contributed by atoms with Crippen LogP contribution in [0.25, 0.3) is 0 Å². The van der Waals surface area contributed by atoms with Crippen LogP contribution in [0.3, 0.4) is 0 Å². The fourth-order valence-corrected chi connectivity index (χ4v) is 20.5. The van der Waals surface area contributed by atoms with E-state index in [1.165, 1.54) is 89.9 Å². The van der Waals surface area contributed by atoms with Crippen molar-refractivity contribution >= 4 is 16.6 Å². The van der Waals surface area contributed by atoms with Crippen LogP contribution in [0, 0.1) is 0 Å². The number of unbranched alkanes of at least 4 members (excludes halogenated alkanes) is 14. The van der Waals surface area contributed by atoms with Crippen LogP contribution < -0.4 is 9.47 Å². The maximum absolute atomic E-state index is 10.5. The largest absolute Gasteiger partial charge is 0.466 e.